The van der Waals surface area contributed by atoms with Crippen LogP contribution < -0.4 is 0 Å². The van der Waals surface area contributed by atoms with Gasteiger partial charge in [0, 0.05) is 24.6 Å². The lowest BCUT2D eigenvalue weighted by atomic mass is 10.1. The van der Waals surface area contributed by atoms with Crippen LogP contribution in [0.5, 0.6) is 0 Å². The molecule has 0 saturated heterocycles. The smallest absolute Gasteiger partial charge is 0.306 e. The zero-order valence-corrected chi connectivity index (χ0v) is 13.7. The van der Waals surface area contributed by atoms with E-state index in [1.807, 2.05) is 20.8 Å². The molecule has 20 heavy (non-hydrogen) atoms. The lowest BCUT2D eigenvalue weighted by molar-refractivity contribution is -0.154. The van der Waals surface area contributed by atoms with E-state index in [1.165, 1.54) is 0 Å². The van der Waals surface area contributed by atoms with Crippen molar-refractivity contribution >= 4 is 27.7 Å². The second-order valence-electron chi connectivity index (χ2n) is 5.59. The van der Waals surface area contributed by atoms with E-state index in [2.05, 4.69) is 20.9 Å². The first kappa shape index (κ1) is 16.8. The Hall–Kier alpha value is -1.23. The second-order valence-corrected chi connectivity index (χ2v) is 6.40. The Morgan fingerprint density at radius 1 is 1.20 bits per heavy atom. The molecule has 1 heterocycles. The third-order valence-electron chi connectivity index (χ3n) is 2.50. The minimum Gasteiger partial charge on any atom is -0.460 e. The third kappa shape index (κ3) is 6.80. The molecule has 4 nitrogen and oxygen atoms in total. The van der Waals surface area contributed by atoms with Crippen LogP contribution in [0.15, 0.2) is 22.9 Å². The molecule has 0 fully saturated rings. The van der Waals surface area contributed by atoms with Gasteiger partial charge in [-0.2, -0.15) is 0 Å². The van der Waals surface area contributed by atoms with Crippen molar-refractivity contribution in [2.24, 2.45) is 0 Å². The van der Waals surface area contributed by atoms with Crippen molar-refractivity contribution in [3.05, 3.63) is 28.5 Å². The summed E-state index contributed by atoms with van der Waals surface area (Å²) in [6.07, 6.45) is 3.66. The number of pyridine rings is 1. The molecule has 0 aliphatic carbocycles. The highest BCUT2D eigenvalue weighted by Gasteiger charge is 2.15. The molecule has 110 valence electrons. The molecule has 0 radical (unpaired) electrons. The van der Waals surface area contributed by atoms with Gasteiger partial charge < -0.3 is 4.74 Å². The van der Waals surface area contributed by atoms with Gasteiger partial charge in [-0.3, -0.25) is 9.59 Å². The van der Waals surface area contributed by atoms with Gasteiger partial charge in [-0.25, -0.2) is 4.98 Å². The Morgan fingerprint density at radius 3 is 2.40 bits per heavy atom. The fourth-order valence-electron chi connectivity index (χ4n) is 1.63. The molecule has 0 aliphatic heterocycles. The van der Waals surface area contributed by atoms with Crippen LogP contribution in [0.4, 0.5) is 0 Å². The van der Waals surface area contributed by atoms with Crippen molar-refractivity contribution in [1.82, 2.24) is 4.98 Å². The van der Waals surface area contributed by atoms with Gasteiger partial charge >= 0.3 is 5.97 Å². The standard InChI is InChI=1S/C15H20BrNO3/c1-15(2,3)20-14(19)7-5-4-6-12(18)11-8-9-13(16)17-10-11/h8-10H,4-7H2,1-3H3. The van der Waals surface area contributed by atoms with Crippen LogP contribution in [0.2, 0.25) is 0 Å². The molecule has 5 heteroatoms. The van der Waals surface area contributed by atoms with Gasteiger partial charge in [-0.15, -0.1) is 0 Å². The van der Waals surface area contributed by atoms with E-state index >= 15 is 0 Å². The summed E-state index contributed by atoms with van der Waals surface area (Å²) >= 11 is 3.22. The predicted molar refractivity (Wildman–Crippen MR) is 80.6 cm³/mol. The zero-order valence-electron chi connectivity index (χ0n) is 12.1. The SMILES string of the molecule is CC(C)(C)OC(=O)CCCCC(=O)c1ccc(Br)nc1. The van der Waals surface area contributed by atoms with Crippen LogP contribution in [-0.2, 0) is 9.53 Å². The van der Waals surface area contributed by atoms with Crippen molar-refractivity contribution in [2.45, 2.75) is 52.1 Å². The van der Waals surface area contributed by atoms with Gasteiger partial charge in [0.05, 0.1) is 0 Å². The fraction of sp³-hybridized carbons (Fsp3) is 0.533. The van der Waals surface area contributed by atoms with Crippen molar-refractivity contribution in [3.8, 4) is 0 Å². The van der Waals surface area contributed by atoms with Crippen LogP contribution in [0.25, 0.3) is 0 Å². The van der Waals surface area contributed by atoms with Crippen LogP contribution in [0, 0.1) is 0 Å². The third-order valence-corrected chi connectivity index (χ3v) is 2.97. The van der Waals surface area contributed by atoms with E-state index in [9.17, 15) is 9.59 Å². The Labute approximate surface area is 128 Å². The number of aromatic nitrogens is 1. The van der Waals surface area contributed by atoms with E-state index in [0.717, 1.165) is 0 Å². The Balaban J connectivity index is 2.26. The maximum absolute atomic E-state index is 11.9. The summed E-state index contributed by atoms with van der Waals surface area (Å²) < 4.78 is 5.91. The number of hydrogen-bond acceptors (Lipinski definition) is 4. The molecule has 0 aliphatic rings. The molecular weight excluding hydrogens is 322 g/mol. The molecule has 1 aromatic rings. The van der Waals surface area contributed by atoms with Gasteiger partial charge in [0.1, 0.15) is 10.2 Å². The molecular formula is C15H20BrNO3. The number of unbranched alkanes of at least 4 members (excludes halogenated alkanes) is 1. The van der Waals surface area contributed by atoms with E-state index < -0.39 is 5.60 Å². The number of nitrogens with zero attached hydrogens (tertiary/aromatic N) is 1. The van der Waals surface area contributed by atoms with Crippen molar-refractivity contribution in [1.29, 1.82) is 0 Å². The normalized spacial score (nSPS) is 11.2. The number of esters is 1. The first-order chi connectivity index (χ1) is 9.28. The first-order valence-corrected chi connectivity index (χ1v) is 7.44. The number of carbonyl (C=O) groups is 2. The van der Waals surface area contributed by atoms with Gasteiger partial charge in [-0.1, -0.05) is 0 Å². The Bertz CT molecular complexity index is 463. The van der Waals surface area contributed by atoms with Gasteiger partial charge in [0.25, 0.3) is 0 Å². The maximum Gasteiger partial charge on any atom is 0.306 e. The molecule has 0 unspecified atom stereocenters. The second kappa shape index (κ2) is 7.53. The van der Waals surface area contributed by atoms with Crippen molar-refractivity contribution in [2.75, 3.05) is 0 Å². The Morgan fingerprint density at radius 2 is 1.85 bits per heavy atom. The van der Waals surface area contributed by atoms with Crippen LogP contribution in [-0.4, -0.2) is 22.3 Å². The number of hydrogen-bond donors (Lipinski definition) is 0. The zero-order chi connectivity index (χ0) is 15.2. The monoisotopic (exact) mass is 341 g/mol. The van der Waals surface area contributed by atoms with Crippen LogP contribution in [0.3, 0.4) is 0 Å². The molecule has 1 rings (SSSR count). The van der Waals surface area contributed by atoms with Crippen LogP contribution >= 0.6 is 15.9 Å². The summed E-state index contributed by atoms with van der Waals surface area (Å²) in [7, 11) is 0. The summed E-state index contributed by atoms with van der Waals surface area (Å²) in [6.45, 7) is 5.53. The van der Waals surface area contributed by atoms with E-state index in [4.69, 9.17) is 4.74 Å². The average Bonchev–Trinajstić information content (AvgIpc) is 2.33. The number of ether oxygens (including phenoxy) is 1. The highest BCUT2D eigenvalue weighted by atomic mass is 79.9. The van der Waals surface area contributed by atoms with Gasteiger partial charge in [0.15, 0.2) is 5.78 Å². The summed E-state index contributed by atoms with van der Waals surface area (Å²) in [5, 5.41) is 0. The minimum absolute atomic E-state index is 0.0502. The summed E-state index contributed by atoms with van der Waals surface area (Å²) in [6, 6.07) is 3.49. The number of ketones is 1. The summed E-state index contributed by atoms with van der Waals surface area (Å²) in [5.41, 5.74) is 0.154. The van der Waals surface area contributed by atoms with Gasteiger partial charge in [-0.05, 0) is 61.7 Å². The van der Waals surface area contributed by atoms with E-state index in [0.29, 0.717) is 35.8 Å². The minimum atomic E-state index is -0.448. The summed E-state index contributed by atoms with van der Waals surface area (Å²) in [4.78, 5) is 27.4. The highest BCUT2D eigenvalue weighted by molar-refractivity contribution is 9.10. The lowest BCUT2D eigenvalue weighted by Gasteiger charge is -2.19. The molecule has 0 bridgehead atoms. The highest BCUT2D eigenvalue weighted by Crippen LogP contribution is 2.13. The van der Waals surface area contributed by atoms with Crippen molar-refractivity contribution < 1.29 is 14.3 Å². The number of halogens is 1. The van der Waals surface area contributed by atoms with Crippen LogP contribution in [0.1, 0.15) is 56.8 Å². The van der Waals surface area contributed by atoms with E-state index in [-0.39, 0.29) is 11.8 Å². The fourth-order valence-corrected chi connectivity index (χ4v) is 1.87. The van der Waals surface area contributed by atoms with Gasteiger partial charge in [0.2, 0.25) is 0 Å². The molecule has 0 aromatic carbocycles. The lowest BCUT2D eigenvalue weighted by Crippen LogP contribution is -2.23. The quantitative estimate of drug-likeness (QED) is 0.340. The summed E-state index contributed by atoms with van der Waals surface area (Å²) in [5.74, 6) is -0.163. The molecule has 0 amide bonds. The largest absolute Gasteiger partial charge is 0.460 e. The molecule has 0 N–H and O–H groups in total. The topological polar surface area (TPSA) is 56.3 Å². The number of carbonyl (C=O) groups excluding carboxylic acids is 2. The molecule has 0 atom stereocenters. The maximum atomic E-state index is 11.9. The molecule has 0 saturated carbocycles. The Kier molecular flexibility index (Phi) is 6.33. The van der Waals surface area contributed by atoms with Crippen molar-refractivity contribution in [3.63, 3.8) is 0 Å². The first-order valence-electron chi connectivity index (χ1n) is 6.64. The number of Topliss-reactive ketones (excluding diaryl/α,β-unsaturated/α-hetero) is 1. The molecule has 0 spiro atoms. The van der Waals surface area contributed by atoms with E-state index in [1.54, 1.807) is 18.3 Å². The molecule has 1 aromatic heterocycles. The predicted octanol–water partition coefficient (Wildman–Crippen LogP) is 3.93. The number of rotatable bonds is 6. The average molecular weight is 342 g/mol.